The number of carbonyl (C=O) groups is 2. The van der Waals surface area contributed by atoms with E-state index in [-0.39, 0.29) is 24.3 Å². The van der Waals surface area contributed by atoms with Gasteiger partial charge in [0.1, 0.15) is 19.2 Å². The summed E-state index contributed by atoms with van der Waals surface area (Å²) < 4.78 is 33.0. The standard InChI is InChI=1S/C41H57F2N11O4/c1-26-18-35(50-37(46-26)52-39(56)48-33-12-10-29-6-4-5-7-31(29)21-33)44-14-16-58-17-15-54(3)23-28-8-9-30-11-13-34(22-32(30)20-28)49-40(57)53-38-47-27(2)19-36(51-38)45-24-41(42,43)25-55/h4-13,20-22,26-27,35-38,44-47,50-51,55H,14-19,23-25H2,1-3H3,(H2,48,52,56)(H2,49,53,57). The summed E-state index contributed by atoms with van der Waals surface area (Å²) in [6.07, 6.45) is -0.168. The van der Waals surface area contributed by atoms with E-state index in [1.165, 1.54) is 0 Å². The van der Waals surface area contributed by atoms with Crippen LogP contribution in [-0.4, -0.2) is 111 Å². The first-order valence-electron chi connectivity index (χ1n) is 19.8. The van der Waals surface area contributed by atoms with E-state index in [0.717, 1.165) is 45.8 Å². The Morgan fingerprint density at radius 1 is 0.759 bits per heavy atom. The van der Waals surface area contributed by atoms with Crippen LogP contribution in [0.3, 0.4) is 0 Å². The predicted molar refractivity (Wildman–Crippen MR) is 223 cm³/mol. The van der Waals surface area contributed by atoms with E-state index in [9.17, 15) is 18.4 Å². The molecule has 2 saturated heterocycles. The van der Waals surface area contributed by atoms with E-state index < -0.39 is 43.9 Å². The number of aliphatic hydroxyl groups excluding tert-OH is 1. The van der Waals surface area contributed by atoms with Gasteiger partial charge in [0.05, 0.1) is 32.1 Å². The second kappa shape index (κ2) is 20.4. The molecule has 6 atom stereocenters. The van der Waals surface area contributed by atoms with Gasteiger partial charge in [-0.25, -0.2) is 18.4 Å². The number of carbonyl (C=O) groups excluding carboxylic acids is 2. The van der Waals surface area contributed by atoms with Crippen LogP contribution < -0.4 is 53.2 Å². The monoisotopic (exact) mass is 805 g/mol. The molecule has 0 radical (unpaired) electrons. The highest BCUT2D eigenvalue weighted by molar-refractivity contribution is 5.94. The number of ether oxygens (including phenoxy) is 1. The fraction of sp³-hybridized carbons (Fsp3) is 0.463. The van der Waals surface area contributed by atoms with Crippen molar-refractivity contribution in [3.8, 4) is 0 Å². The van der Waals surface area contributed by atoms with Gasteiger partial charge in [-0.3, -0.25) is 36.8 Å². The van der Waals surface area contributed by atoms with Gasteiger partial charge in [0.15, 0.2) is 0 Å². The molecule has 2 aliphatic rings. The van der Waals surface area contributed by atoms with Crippen molar-refractivity contribution in [2.45, 2.75) is 76.2 Å². The van der Waals surface area contributed by atoms with E-state index in [0.29, 0.717) is 38.4 Å². The zero-order chi connectivity index (χ0) is 41.1. The number of hydrogen-bond donors (Lipinski definition) is 11. The predicted octanol–water partition coefficient (Wildman–Crippen LogP) is 3.35. The zero-order valence-corrected chi connectivity index (χ0v) is 33.2. The van der Waals surface area contributed by atoms with Crippen LogP contribution in [-0.2, 0) is 11.3 Å². The normalized spacial score (nSPS) is 22.5. The lowest BCUT2D eigenvalue weighted by atomic mass is 10.1. The Balaban J connectivity index is 0.874. The van der Waals surface area contributed by atoms with Crippen LogP contribution >= 0.6 is 0 Å². The summed E-state index contributed by atoms with van der Waals surface area (Å²) in [6, 6.07) is 25.2. The summed E-state index contributed by atoms with van der Waals surface area (Å²) in [5.41, 5.74) is 2.46. The number of urea groups is 2. The minimum absolute atomic E-state index is 0.000216. The highest BCUT2D eigenvalue weighted by atomic mass is 19.3. The lowest BCUT2D eigenvalue weighted by Gasteiger charge is -2.37. The van der Waals surface area contributed by atoms with Crippen LogP contribution in [0.4, 0.5) is 29.7 Å². The molecule has 6 unspecified atom stereocenters. The Morgan fingerprint density at radius 2 is 1.33 bits per heavy atom. The number of nitrogens with zero attached hydrogens (tertiary/aromatic N) is 1. The van der Waals surface area contributed by atoms with Crippen LogP contribution in [0.2, 0.25) is 0 Å². The van der Waals surface area contributed by atoms with Gasteiger partial charge in [-0.05, 0) is 91.2 Å². The number of benzene rings is 4. The van der Waals surface area contributed by atoms with Gasteiger partial charge >= 0.3 is 12.1 Å². The summed E-state index contributed by atoms with van der Waals surface area (Å²) >= 11 is 0. The molecule has 2 heterocycles. The topological polar surface area (TPSA) is 187 Å². The minimum atomic E-state index is -3.23. The van der Waals surface area contributed by atoms with Gasteiger partial charge in [0.2, 0.25) is 0 Å². The average Bonchev–Trinajstić information content (AvgIpc) is 3.18. The van der Waals surface area contributed by atoms with Crippen molar-refractivity contribution in [1.82, 2.24) is 47.4 Å². The van der Waals surface area contributed by atoms with Crippen molar-refractivity contribution in [3.63, 3.8) is 0 Å². The first kappa shape index (κ1) is 43.0. The molecule has 0 saturated carbocycles. The Morgan fingerprint density at radius 3 is 1.97 bits per heavy atom. The SMILES string of the molecule is CC1CC(NCCOCCN(C)Cc2ccc3ccc(NC(=O)NC4NC(C)CC(NCC(F)(F)CO)N4)cc3c2)NC(NC(=O)Nc2ccc3ccccc3c2)N1. The van der Waals surface area contributed by atoms with Crippen LogP contribution in [0.1, 0.15) is 32.3 Å². The third-order valence-corrected chi connectivity index (χ3v) is 10.1. The number of nitrogens with one attached hydrogen (secondary N) is 10. The number of amides is 4. The van der Waals surface area contributed by atoms with Crippen LogP contribution in [0.25, 0.3) is 21.5 Å². The van der Waals surface area contributed by atoms with Crippen LogP contribution in [0.15, 0.2) is 78.9 Å². The molecule has 4 aromatic rings. The van der Waals surface area contributed by atoms with Crippen molar-refractivity contribution >= 4 is 45.0 Å². The first-order valence-corrected chi connectivity index (χ1v) is 19.8. The third-order valence-electron chi connectivity index (χ3n) is 10.1. The summed E-state index contributed by atoms with van der Waals surface area (Å²) in [5.74, 6) is -3.23. The smallest absolute Gasteiger partial charge is 0.321 e. The van der Waals surface area contributed by atoms with Gasteiger partial charge < -0.3 is 31.1 Å². The molecule has 17 heteroatoms. The number of fused-ring (bicyclic) bond motifs is 2. The number of rotatable bonds is 17. The molecule has 0 aliphatic carbocycles. The van der Waals surface area contributed by atoms with E-state index in [1.807, 2.05) is 74.6 Å². The zero-order valence-electron chi connectivity index (χ0n) is 33.2. The summed E-state index contributed by atoms with van der Waals surface area (Å²) in [5, 5.41) is 43.8. The second-order valence-corrected chi connectivity index (χ2v) is 15.3. The van der Waals surface area contributed by atoms with E-state index in [2.05, 4.69) is 83.2 Å². The lowest BCUT2D eigenvalue weighted by molar-refractivity contribution is -0.0514. The molecule has 2 aliphatic heterocycles. The molecule has 0 spiro atoms. The summed E-state index contributed by atoms with van der Waals surface area (Å²) in [6.45, 7) is 5.29. The minimum Gasteiger partial charge on any atom is -0.390 e. The fourth-order valence-electron chi connectivity index (χ4n) is 7.18. The van der Waals surface area contributed by atoms with E-state index >= 15 is 0 Å². The molecule has 2 fully saturated rings. The number of hydrogen-bond acceptors (Lipinski definition) is 11. The quantitative estimate of drug-likeness (QED) is 0.0704. The van der Waals surface area contributed by atoms with Gasteiger partial charge in [-0.2, -0.15) is 0 Å². The van der Waals surface area contributed by atoms with E-state index in [1.54, 1.807) is 0 Å². The van der Waals surface area contributed by atoms with Crippen LogP contribution in [0.5, 0.6) is 0 Å². The Hall–Kier alpha value is -4.56. The second-order valence-electron chi connectivity index (χ2n) is 15.3. The lowest BCUT2D eigenvalue weighted by Crippen LogP contribution is -2.68. The number of alkyl halides is 2. The van der Waals surface area contributed by atoms with Crippen LogP contribution in [0, 0.1) is 0 Å². The molecule has 4 aromatic carbocycles. The van der Waals surface area contributed by atoms with Gasteiger partial charge in [0, 0.05) is 43.1 Å². The molecule has 15 nitrogen and oxygen atoms in total. The molecule has 4 amide bonds. The molecule has 314 valence electrons. The highest BCUT2D eigenvalue weighted by Crippen LogP contribution is 2.22. The van der Waals surface area contributed by atoms with Gasteiger partial charge in [-0.1, -0.05) is 48.5 Å². The van der Waals surface area contributed by atoms with Crippen molar-refractivity contribution < 1.29 is 28.2 Å². The first-order chi connectivity index (χ1) is 27.9. The number of aliphatic hydroxyl groups is 1. The maximum atomic E-state index is 13.5. The molecule has 0 bridgehead atoms. The fourth-order valence-corrected chi connectivity index (χ4v) is 7.18. The number of anilines is 2. The Kier molecular flexibility index (Phi) is 15.1. The van der Waals surface area contributed by atoms with Gasteiger partial charge in [-0.15, -0.1) is 0 Å². The Labute approximate surface area is 337 Å². The van der Waals surface area contributed by atoms with Crippen molar-refractivity contribution in [1.29, 1.82) is 0 Å². The molecule has 6 rings (SSSR count). The Bertz CT molecular complexity index is 1980. The summed E-state index contributed by atoms with van der Waals surface area (Å²) in [7, 11) is 2.05. The number of halogens is 2. The van der Waals surface area contributed by atoms with Crippen molar-refractivity contribution in [3.05, 3.63) is 84.4 Å². The van der Waals surface area contributed by atoms with Crippen molar-refractivity contribution in [2.75, 3.05) is 57.1 Å². The molecule has 0 aromatic heterocycles. The largest absolute Gasteiger partial charge is 0.390 e. The van der Waals surface area contributed by atoms with Crippen molar-refractivity contribution in [2.24, 2.45) is 0 Å². The highest BCUT2D eigenvalue weighted by Gasteiger charge is 2.32. The molecule has 58 heavy (non-hydrogen) atoms. The third kappa shape index (κ3) is 13.2. The molecular formula is C41H57F2N11O4. The molecular weight excluding hydrogens is 749 g/mol. The summed E-state index contributed by atoms with van der Waals surface area (Å²) in [4.78, 5) is 27.8. The maximum Gasteiger partial charge on any atom is 0.321 e. The number of likely N-dealkylation sites (N-methyl/N-ethyl adjacent to an activating group) is 1. The van der Waals surface area contributed by atoms with E-state index in [4.69, 9.17) is 9.84 Å². The maximum absolute atomic E-state index is 13.5. The van der Waals surface area contributed by atoms with Gasteiger partial charge in [0.25, 0.3) is 5.92 Å². The molecule has 11 N–H and O–H groups in total. The average molecular weight is 806 g/mol.